The Kier molecular flexibility index (Phi) is 3.15. The number of nitrogens with zero attached hydrogens (tertiary/aromatic N) is 1. The largest absolute Gasteiger partial charge is 0.361 e. The Morgan fingerprint density at radius 3 is 3.00 bits per heavy atom. The van der Waals surface area contributed by atoms with Crippen molar-refractivity contribution in [3.8, 4) is 12.3 Å². The van der Waals surface area contributed by atoms with Crippen molar-refractivity contribution in [3.05, 3.63) is 36.0 Å². The number of benzene rings is 1. The fourth-order valence-corrected chi connectivity index (χ4v) is 1.81. The summed E-state index contributed by atoms with van der Waals surface area (Å²) >= 11 is 0. The lowest BCUT2D eigenvalue weighted by atomic mass is 10.1. The van der Waals surface area contributed by atoms with E-state index in [1.54, 1.807) is 4.90 Å². The Morgan fingerprint density at radius 2 is 2.29 bits per heavy atom. The molecule has 2 aromatic rings. The van der Waals surface area contributed by atoms with Crippen LogP contribution in [0.25, 0.3) is 10.9 Å². The van der Waals surface area contributed by atoms with Crippen LogP contribution in [0.3, 0.4) is 0 Å². The molecule has 0 saturated heterocycles. The molecule has 0 unspecified atom stereocenters. The molecule has 1 aromatic carbocycles. The summed E-state index contributed by atoms with van der Waals surface area (Å²) in [5, 5.41) is 1.03. The Morgan fingerprint density at radius 1 is 1.47 bits per heavy atom. The van der Waals surface area contributed by atoms with Crippen LogP contribution in [0.4, 0.5) is 0 Å². The lowest BCUT2D eigenvalue weighted by molar-refractivity contribution is 0.0785. The first-order chi connectivity index (χ1) is 8.26. The normalized spacial score (nSPS) is 10.1. The van der Waals surface area contributed by atoms with E-state index in [4.69, 9.17) is 6.42 Å². The zero-order chi connectivity index (χ0) is 12.3. The van der Waals surface area contributed by atoms with Crippen LogP contribution in [0, 0.1) is 12.3 Å². The summed E-state index contributed by atoms with van der Waals surface area (Å²) in [4.78, 5) is 16.9. The zero-order valence-electron chi connectivity index (χ0n) is 9.73. The van der Waals surface area contributed by atoms with Crippen molar-refractivity contribution in [1.29, 1.82) is 0 Å². The minimum Gasteiger partial charge on any atom is -0.361 e. The number of carbonyl (C=O) groups excluding carboxylic acids is 1. The first kappa shape index (κ1) is 11.3. The summed E-state index contributed by atoms with van der Waals surface area (Å²) in [6.07, 6.45) is 7.11. The van der Waals surface area contributed by atoms with Gasteiger partial charge in [-0.2, -0.15) is 0 Å². The molecule has 86 valence electrons. The highest BCUT2D eigenvalue weighted by atomic mass is 16.2. The minimum absolute atomic E-state index is 0.0199. The van der Waals surface area contributed by atoms with Crippen LogP contribution < -0.4 is 0 Å². The number of amides is 1. The maximum atomic E-state index is 12.2. The van der Waals surface area contributed by atoms with Crippen LogP contribution in [-0.4, -0.2) is 28.9 Å². The van der Waals surface area contributed by atoms with E-state index in [-0.39, 0.29) is 5.91 Å². The first-order valence-corrected chi connectivity index (χ1v) is 5.56. The Balaban J connectivity index is 2.32. The fraction of sp³-hybridized carbons (Fsp3) is 0.214. The van der Waals surface area contributed by atoms with Gasteiger partial charge in [0, 0.05) is 29.2 Å². The molecule has 0 fully saturated rings. The third-order valence-electron chi connectivity index (χ3n) is 2.75. The van der Waals surface area contributed by atoms with Crippen molar-refractivity contribution in [2.24, 2.45) is 0 Å². The van der Waals surface area contributed by atoms with E-state index in [1.165, 1.54) is 0 Å². The molecule has 2 rings (SSSR count). The second-order valence-electron chi connectivity index (χ2n) is 3.80. The summed E-state index contributed by atoms with van der Waals surface area (Å²) < 4.78 is 0. The maximum absolute atomic E-state index is 12.2. The van der Waals surface area contributed by atoms with Crippen molar-refractivity contribution in [2.45, 2.75) is 6.92 Å². The fourth-order valence-electron chi connectivity index (χ4n) is 1.81. The van der Waals surface area contributed by atoms with Gasteiger partial charge in [0.05, 0.1) is 6.54 Å². The van der Waals surface area contributed by atoms with Gasteiger partial charge in [0.15, 0.2) is 0 Å². The Labute approximate surface area is 100 Å². The summed E-state index contributed by atoms with van der Waals surface area (Å²) in [5.41, 5.74) is 1.70. The van der Waals surface area contributed by atoms with Gasteiger partial charge in [-0.15, -0.1) is 6.42 Å². The third kappa shape index (κ3) is 2.16. The average molecular weight is 226 g/mol. The summed E-state index contributed by atoms with van der Waals surface area (Å²) in [6, 6.07) is 7.56. The van der Waals surface area contributed by atoms with E-state index in [9.17, 15) is 4.79 Å². The van der Waals surface area contributed by atoms with E-state index in [1.807, 2.05) is 37.4 Å². The Hall–Kier alpha value is -2.21. The van der Waals surface area contributed by atoms with Gasteiger partial charge in [-0.25, -0.2) is 0 Å². The van der Waals surface area contributed by atoms with Gasteiger partial charge in [-0.3, -0.25) is 4.79 Å². The molecule has 3 heteroatoms. The molecule has 0 saturated carbocycles. The molecule has 1 amide bonds. The minimum atomic E-state index is -0.0199. The van der Waals surface area contributed by atoms with Crippen molar-refractivity contribution in [2.75, 3.05) is 13.1 Å². The number of terminal acetylenes is 1. The van der Waals surface area contributed by atoms with E-state index in [0.717, 1.165) is 10.9 Å². The molecule has 0 bridgehead atoms. The van der Waals surface area contributed by atoms with Crippen LogP contribution in [0.15, 0.2) is 30.5 Å². The van der Waals surface area contributed by atoms with E-state index >= 15 is 0 Å². The molecule has 0 aliphatic heterocycles. The lowest BCUT2D eigenvalue weighted by Gasteiger charge is -2.17. The van der Waals surface area contributed by atoms with Crippen molar-refractivity contribution >= 4 is 16.8 Å². The van der Waals surface area contributed by atoms with Crippen LogP contribution >= 0.6 is 0 Å². The van der Waals surface area contributed by atoms with E-state index in [0.29, 0.717) is 18.7 Å². The summed E-state index contributed by atoms with van der Waals surface area (Å²) in [6.45, 7) is 2.89. The SMILES string of the molecule is C#CCN(CC)C(=O)c1ccc2[nH]ccc2c1. The molecule has 0 spiro atoms. The molecular formula is C14H14N2O. The maximum Gasteiger partial charge on any atom is 0.254 e. The monoisotopic (exact) mass is 226 g/mol. The smallest absolute Gasteiger partial charge is 0.254 e. The van der Waals surface area contributed by atoms with Crippen LogP contribution in [-0.2, 0) is 0 Å². The van der Waals surface area contributed by atoms with Crippen LogP contribution in [0.1, 0.15) is 17.3 Å². The standard InChI is InChI=1S/C14H14N2O/c1-3-9-16(4-2)14(17)12-5-6-13-11(10-12)7-8-15-13/h1,5-8,10,15H,4,9H2,2H3. The molecule has 1 aromatic heterocycles. The van der Waals surface area contributed by atoms with Gasteiger partial charge in [0.25, 0.3) is 5.91 Å². The molecule has 0 aliphatic rings. The highest BCUT2D eigenvalue weighted by molar-refractivity contribution is 5.98. The number of hydrogen-bond acceptors (Lipinski definition) is 1. The first-order valence-electron chi connectivity index (χ1n) is 5.56. The molecule has 1 heterocycles. The molecule has 17 heavy (non-hydrogen) atoms. The number of hydrogen-bond donors (Lipinski definition) is 1. The average Bonchev–Trinajstić information content (AvgIpc) is 2.82. The second kappa shape index (κ2) is 4.75. The van der Waals surface area contributed by atoms with E-state index in [2.05, 4.69) is 10.9 Å². The number of aromatic nitrogens is 1. The molecule has 0 atom stereocenters. The number of carbonyl (C=O) groups is 1. The van der Waals surface area contributed by atoms with Gasteiger partial charge < -0.3 is 9.88 Å². The summed E-state index contributed by atoms with van der Waals surface area (Å²) in [5.74, 6) is 2.48. The van der Waals surface area contributed by atoms with Gasteiger partial charge in [-0.05, 0) is 31.2 Å². The van der Waals surface area contributed by atoms with Gasteiger partial charge in [-0.1, -0.05) is 5.92 Å². The number of nitrogens with one attached hydrogen (secondary N) is 1. The Bertz CT molecular complexity index is 577. The van der Waals surface area contributed by atoms with Crippen molar-refractivity contribution in [1.82, 2.24) is 9.88 Å². The van der Waals surface area contributed by atoms with E-state index < -0.39 is 0 Å². The molecule has 0 radical (unpaired) electrons. The second-order valence-corrected chi connectivity index (χ2v) is 3.80. The molecule has 1 N–H and O–H groups in total. The number of fused-ring (bicyclic) bond motifs is 1. The summed E-state index contributed by atoms with van der Waals surface area (Å²) in [7, 11) is 0. The number of H-pyrrole nitrogens is 1. The third-order valence-corrected chi connectivity index (χ3v) is 2.75. The molecular weight excluding hydrogens is 212 g/mol. The highest BCUT2D eigenvalue weighted by Gasteiger charge is 2.13. The van der Waals surface area contributed by atoms with Crippen molar-refractivity contribution in [3.63, 3.8) is 0 Å². The number of rotatable bonds is 3. The predicted molar refractivity (Wildman–Crippen MR) is 68.7 cm³/mol. The lowest BCUT2D eigenvalue weighted by Crippen LogP contribution is -2.31. The van der Waals surface area contributed by atoms with Crippen molar-refractivity contribution < 1.29 is 4.79 Å². The number of aromatic amines is 1. The zero-order valence-corrected chi connectivity index (χ0v) is 9.73. The quantitative estimate of drug-likeness (QED) is 0.801. The predicted octanol–water partition coefficient (Wildman–Crippen LogP) is 2.26. The molecule has 0 aliphatic carbocycles. The van der Waals surface area contributed by atoms with Gasteiger partial charge in [0.2, 0.25) is 0 Å². The van der Waals surface area contributed by atoms with Gasteiger partial charge >= 0.3 is 0 Å². The highest BCUT2D eigenvalue weighted by Crippen LogP contribution is 2.15. The topological polar surface area (TPSA) is 36.1 Å². The molecule has 3 nitrogen and oxygen atoms in total. The van der Waals surface area contributed by atoms with Gasteiger partial charge in [0.1, 0.15) is 0 Å². The van der Waals surface area contributed by atoms with Crippen LogP contribution in [0.5, 0.6) is 0 Å². The van der Waals surface area contributed by atoms with Crippen LogP contribution in [0.2, 0.25) is 0 Å².